The summed E-state index contributed by atoms with van der Waals surface area (Å²) in [5, 5.41) is 11.9. The Morgan fingerprint density at radius 2 is 1.93 bits per heavy atom. The minimum Gasteiger partial charge on any atom is -0.411 e. The lowest BCUT2D eigenvalue weighted by molar-refractivity contribution is 0.316. The van der Waals surface area contributed by atoms with Gasteiger partial charge in [0.1, 0.15) is 5.82 Å². The second-order valence-electron chi connectivity index (χ2n) is 3.56. The molecule has 80 valence electrons. The largest absolute Gasteiger partial charge is 0.411 e. The van der Waals surface area contributed by atoms with Gasteiger partial charge in [0, 0.05) is 0 Å². The van der Waals surface area contributed by atoms with Crippen LogP contribution in [0.3, 0.4) is 0 Å². The van der Waals surface area contributed by atoms with Crippen molar-refractivity contribution in [3.8, 4) is 0 Å². The normalized spacial score (nSPS) is 12.7. The number of rotatable bonds is 3. The zero-order valence-electron chi connectivity index (χ0n) is 8.81. The van der Waals surface area contributed by atoms with Crippen LogP contribution in [0.5, 0.6) is 0 Å². The average Bonchev–Trinajstić information content (AvgIpc) is 2.21. The molecule has 1 aromatic rings. The van der Waals surface area contributed by atoms with Gasteiger partial charge in [0.15, 0.2) is 0 Å². The van der Waals surface area contributed by atoms with E-state index in [4.69, 9.17) is 5.21 Å². The molecule has 0 bridgehead atoms. The molecule has 0 unspecified atom stereocenters. The Morgan fingerprint density at radius 3 is 2.40 bits per heavy atom. The zero-order chi connectivity index (χ0) is 11.3. The van der Waals surface area contributed by atoms with Gasteiger partial charge in [-0.2, -0.15) is 0 Å². The molecule has 1 N–H and O–H groups in total. The third-order valence-electron chi connectivity index (χ3n) is 2.02. The maximum absolute atomic E-state index is 12.6. The molecule has 2 nitrogen and oxygen atoms in total. The van der Waals surface area contributed by atoms with Gasteiger partial charge in [-0.25, -0.2) is 4.39 Å². The van der Waals surface area contributed by atoms with E-state index in [0.717, 1.165) is 5.56 Å². The molecule has 0 aliphatic heterocycles. The van der Waals surface area contributed by atoms with Crippen molar-refractivity contribution in [2.24, 2.45) is 11.1 Å². The lowest BCUT2D eigenvalue weighted by Gasteiger charge is -2.01. The molecule has 3 heteroatoms. The maximum Gasteiger partial charge on any atom is 0.123 e. The van der Waals surface area contributed by atoms with E-state index in [0.29, 0.717) is 5.71 Å². The maximum atomic E-state index is 12.6. The summed E-state index contributed by atoms with van der Waals surface area (Å²) in [6.07, 6.45) is 3.51. The SMILES string of the molecule is CC(C)C(C=Cc1ccc(F)cc1)=NO. The number of nitrogens with zero attached hydrogens (tertiary/aromatic N) is 1. The predicted octanol–water partition coefficient (Wildman–Crippen LogP) is 3.33. The standard InChI is InChI=1S/C12H14FNO/c1-9(2)12(14-15)8-5-10-3-6-11(13)7-4-10/h3-9,15H,1-2H3. The number of halogens is 1. The Kier molecular flexibility index (Phi) is 4.03. The highest BCUT2D eigenvalue weighted by atomic mass is 19.1. The first-order valence-corrected chi connectivity index (χ1v) is 4.79. The van der Waals surface area contributed by atoms with Crippen molar-refractivity contribution in [1.29, 1.82) is 0 Å². The summed E-state index contributed by atoms with van der Waals surface area (Å²) in [7, 11) is 0. The van der Waals surface area contributed by atoms with Crippen LogP contribution in [0.15, 0.2) is 35.5 Å². The predicted molar refractivity (Wildman–Crippen MR) is 59.5 cm³/mol. The molecule has 15 heavy (non-hydrogen) atoms. The monoisotopic (exact) mass is 207 g/mol. The number of hydrogen-bond donors (Lipinski definition) is 1. The van der Waals surface area contributed by atoms with Crippen LogP contribution in [0.2, 0.25) is 0 Å². The first-order chi connectivity index (χ1) is 7.13. The number of oxime groups is 1. The van der Waals surface area contributed by atoms with Crippen molar-refractivity contribution in [3.05, 3.63) is 41.7 Å². The molecule has 0 saturated carbocycles. The number of benzene rings is 1. The van der Waals surface area contributed by atoms with Crippen LogP contribution in [0.4, 0.5) is 4.39 Å². The lowest BCUT2D eigenvalue weighted by atomic mass is 10.1. The van der Waals surface area contributed by atoms with E-state index in [1.807, 2.05) is 13.8 Å². The highest BCUT2D eigenvalue weighted by molar-refractivity contribution is 5.99. The second-order valence-corrected chi connectivity index (χ2v) is 3.56. The fourth-order valence-corrected chi connectivity index (χ4v) is 1.10. The van der Waals surface area contributed by atoms with E-state index >= 15 is 0 Å². The topological polar surface area (TPSA) is 32.6 Å². The van der Waals surface area contributed by atoms with Crippen molar-refractivity contribution in [2.75, 3.05) is 0 Å². The summed E-state index contributed by atoms with van der Waals surface area (Å²) >= 11 is 0. The van der Waals surface area contributed by atoms with Gasteiger partial charge < -0.3 is 5.21 Å². The Balaban J connectivity index is 2.77. The molecule has 0 aliphatic rings. The molecular weight excluding hydrogens is 193 g/mol. The van der Waals surface area contributed by atoms with Crippen LogP contribution in [-0.4, -0.2) is 10.9 Å². The zero-order valence-corrected chi connectivity index (χ0v) is 8.81. The van der Waals surface area contributed by atoms with E-state index in [1.54, 1.807) is 24.3 Å². The van der Waals surface area contributed by atoms with Crippen molar-refractivity contribution in [3.63, 3.8) is 0 Å². The van der Waals surface area contributed by atoms with Gasteiger partial charge in [0.05, 0.1) is 5.71 Å². The second kappa shape index (κ2) is 5.29. The van der Waals surface area contributed by atoms with Gasteiger partial charge in [0.25, 0.3) is 0 Å². The van der Waals surface area contributed by atoms with Crippen molar-refractivity contribution < 1.29 is 9.60 Å². The van der Waals surface area contributed by atoms with E-state index in [-0.39, 0.29) is 11.7 Å². The number of hydrogen-bond acceptors (Lipinski definition) is 2. The van der Waals surface area contributed by atoms with Gasteiger partial charge in [-0.05, 0) is 29.7 Å². The molecule has 0 saturated heterocycles. The van der Waals surface area contributed by atoms with Crippen LogP contribution in [-0.2, 0) is 0 Å². The molecular formula is C12H14FNO. The average molecular weight is 207 g/mol. The van der Waals surface area contributed by atoms with Crippen LogP contribution in [0.25, 0.3) is 6.08 Å². The Morgan fingerprint density at radius 1 is 1.33 bits per heavy atom. The molecule has 0 aliphatic carbocycles. The minimum absolute atomic E-state index is 0.159. The first kappa shape index (κ1) is 11.4. The third-order valence-corrected chi connectivity index (χ3v) is 2.02. The Bertz CT molecular complexity index is 366. The quantitative estimate of drug-likeness (QED) is 0.460. The fourth-order valence-electron chi connectivity index (χ4n) is 1.10. The van der Waals surface area contributed by atoms with Crippen molar-refractivity contribution in [1.82, 2.24) is 0 Å². The van der Waals surface area contributed by atoms with Crippen LogP contribution in [0.1, 0.15) is 19.4 Å². The Labute approximate surface area is 88.7 Å². The van der Waals surface area contributed by atoms with Crippen LogP contribution >= 0.6 is 0 Å². The van der Waals surface area contributed by atoms with Gasteiger partial charge in [-0.3, -0.25) is 0 Å². The Hall–Kier alpha value is -1.64. The van der Waals surface area contributed by atoms with Gasteiger partial charge in [-0.15, -0.1) is 0 Å². The first-order valence-electron chi connectivity index (χ1n) is 4.79. The van der Waals surface area contributed by atoms with Crippen molar-refractivity contribution in [2.45, 2.75) is 13.8 Å². The molecule has 0 atom stereocenters. The van der Waals surface area contributed by atoms with E-state index in [1.165, 1.54) is 12.1 Å². The summed E-state index contributed by atoms with van der Waals surface area (Å²) in [6.45, 7) is 3.87. The smallest absolute Gasteiger partial charge is 0.123 e. The molecule has 0 amide bonds. The van der Waals surface area contributed by atoms with Gasteiger partial charge in [0.2, 0.25) is 0 Å². The molecule has 0 fully saturated rings. The number of allylic oxidation sites excluding steroid dienone is 1. The highest BCUT2D eigenvalue weighted by Gasteiger charge is 2.00. The summed E-state index contributed by atoms with van der Waals surface area (Å²) < 4.78 is 12.6. The molecule has 0 aromatic heterocycles. The van der Waals surface area contributed by atoms with Crippen molar-refractivity contribution >= 4 is 11.8 Å². The summed E-state index contributed by atoms with van der Waals surface area (Å²) in [4.78, 5) is 0. The van der Waals surface area contributed by atoms with E-state index in [2.05, 4.69) is 5.16 Å². The fraction of sp³-hybridized carbons (Fsp3) is 0.250. The minimum atomic E-state index is -0.257. The molecule has 1 aromatic carbocycles. The van der Waals surface area contributed by atoms with E-state index in [9.17, 15) is 4.39 Å². The summed E-state index contributed by atoms with van der Waals surface area (Å²) in [5.74, 6) is -0.0984. The highest BCUT2D eigenvalue weighted by Crippen LogP contribution is 2.06. The summed E-state index contributed by atoms with van der Waals surface area (Å²) in [6, 6.07) is 6.12. The molecule has 0 radical (unpaired) electrons. The molecule has 1 rings (SSSR count). The molecule has 0 heterocycles. The van der Waals surface area contributed by atoms with Crippen LogP contribution < -0.4 is 0 Å². The third kappa shape index (κ3) is 3.54. The van der Waals surface area contributed by atoms with Crippen LogP contribution in [0, 0.1) is 11.7 Å². The lowest BCUT2D eigenvalue weighted by Crippen LogP contribution is -2.03. The molecule has 0 spiro atoms. The van der Waals surface area contributed by atoms with E-state index < -0.39 is 0 Å². The van der Waals surface area contributed by atoms with Gasteiger partial charge in [-0.1, -0.05) is 37.2 Å². The summed E-state index contributed by atoms with van der Waals surface area (Å²) in [5.41, 5.74) is 1.47. The van der Waals surface area contributed by atoms with Gasteiger partial charge >= 0.3 is 0 Å².